The lowest BCUT2D eigenvalue weighted by Gasteiger charge is -2.08. The van der Waals surface area contributed by atoms with Gasteiger partial charge >= 0.3 is 5.97 Å². The van der Waals surface area contributed by atoms with Gasteiger partial charge in [-0.05, 0) is 24.7 Å². The Morgan fingerprint density at radius 1 is 1.33 bits per heavy atom. The molecular formula is C14H13N3O3S. The number of rotatable bonds is 3. The van der Waals surface area contributed by atoms with Gasteiger partial charge in [-0.15, -0.1) is 0 Å². The Morgan fingerprint density at radius 2 is 2.00 bits per heavy atom. The van der Waals surface area contributed by atoms with Crippen LogP contribution in [0.5, 0.6) is 0 Å². The Kier molecular flexibility index (Phi) is 4.44. The van der Waals surface area contributed by atoms with Gasteiger partial charge in [-0.25, -0.2) is 4.79 Å². The van der Waals surface area contributed by atoms with Gasteiger partial charge in [-0.3, -0.25) is 9.78 Å². The van der Waals surface area contributed by atoms with Crippen molar-refractivity contribution in [2.45, 2.75) is 6.92 Å². The van der Waals surface area contributed by atoms with E-state index in [1.54, 1.807) is 6.92 Å². The van der Waals surface area contributed by atoms with E-state index >= 15 is 0 Å². The molecule has 7 heteroatoms. The average Bonchev–Trinajstić information content (AvgIpc) is 2.49. The summed E-state index contributed by atoms with van der Waals surface area (Å²) in [6.45, 7) is 1.78. The number of carbonyl (C=O) groups excluding carboxylic acids is 1. The minimum absolute atomic E-state index is 0.0261. The van der Waals surface area contributed by atoms with Gasteiger partial charge in [-0.1, -0.05) is 30.3 Å². The van der Waals surface area contributed by atoms with Gasteiger partial charge in [0.15, 0.2) is 5.69 Å². The molecule has 0 fully saturated rings. The maximum atomic E-state index is 11.7. The van der Waals surface area contributed by atoms with Crippen LogP contribution in [0.15, 0.2) is 46.3 Å². The van der Waals surface area contributed by atoms with E-state index in [-0.39, 0.29) is 10.5 Å². The van der Waals surface area contributed by atoms with E-state index in [0.717, 1.165) is 11.6 Å². The van der Waals surface area contributed by atoms with E-state index in [9.17, 15) is 9.59 Å². The number of nitrogens with one attached hydrogen (secondary N) is 1. The molecule has 2 rings (SSSR count). The van der Waals surface area contributed by atoms with Crippen LogP contribution < -0.4 is 5.56 Å². The van der Waals surface area contributed by atoms with Gasteiger partial charge in [0.25, 0.3) is 5.56 Å². The summed E-state index contributed by atoms with van der Waals surface area (Å²) in [5.74, 6) is -0.684. The van der Waals surface area contributed by atoms with Crippen LogP contribution in [0, 0.1) is 4.77 Å². The first-order valence-electron chi connectivity index (χ1n) is 6.08. The van der Waals surface area contributed by atoms with E-state index in [1.807, 2.05) is 30.3 Å². The molecule has 1 heterocycles. The van der Waals surface area contributed by atoms with E-state index in [2.05, 4.69) is 14.8 Å². The summed E-state index contributed by atoms with van der Waals surface area (Å²) < 4.78 is 5.86. The van der Waals surface area contributed by atoms with Crippen molar-refractivity contribution in [3.8, 4) is 0 Å². The first-order valence-corrected chi connectivity index (χ1v) is 6.49. The number of methoxy groups -OCH3 is 1. The SMILES string of the molecule is COC(=O)c1cc(=O)[nH]c(=S)n1/N=C(/C)c1ccccc1. The van der Waals surface area contributed by atoms with Crippen LogP contribution in [-0.2, 0) is 4.74 Å². The molecule has 0 radical (unpaired) electrons. The van der Waals surface area contributed by atoms with Crippen LogP contribution in [0.25, 0.3) is 0 Å². The highest BCUT2D eigenvalue weighted by Crippen LogP contribution is 2.05. The smallest absolute Gasteiger partial charge is 0.357 e. The summed E-state index contributed by atoms with van der Waals surface area (Å²) in [6, 6.07) is 10.5. The monoisotopic (exact) mass is 303 g/mol. The third-order valence-corrected chi connectivity index (χ3v) is 3.03. The highest BCUT2D eigenvalue weighted by molar-refractivity contribution is 7.71. The molecule has 0 saturated heterocycles. The Labute approximate surface area is 125 Å². The number of H-pyrrole nitrogens is 1. The van der Waals surface area contributed by atoms with Gasteiger partial charge in [0.05, 0.1) is 12.8 Å². The fraction of sp³-hybridized carbons (Fsp3) is 0.143. The number of hydrogen-bond acceptors (Lipinski definition) is 5. The molecule has 0 aliphatic rings. The van der Waals surface area contributed by atoms with Crippen molar-refractivity contribution in [2.75, 3.05) is 7.11 Å². The minimum atomic E-state index is -0.684. The Balaban J connectivity index is 2.61. The minimum Gasteiger partial charge on any atom is -0.464 e. The van der Waals surface area contributed by atoms with E-state index in [1.165, 1.54) is 11.8 Å². The molecule has 0 saturated carbocycles. The average molecular weight is 303 g/mol. The number of ether oxygens (including phenoxy) is 1. The largest absolute Gasteiger partial charge is 0.464 e. The molecule has 1 aromatic carbocycles. The summed E-state index contributed by atoms with van der Waals surface area (Å²) in [6.07, 6.45) is 0. The van der Waals surface area contributed by atoms with Gasteiger partial charge in [0.2, 0.25) is 4.77 Å². The molecule has 0 bridgehead atoms. The van der Waals surface area contributed by atoms with E-state index < -0.39 is 11.5 Å². The highest BCUT2D eigenvalue weighted by atomic mass is 32.1. The van der Waals surface area contributed by atoms with Crippen LogP contribution >= 0.6 is 12.2 Å². The fourth-order valence-corrected chi connectivity index (χ4v) is 1.97. The number of nitrogens with zero attached hydrogens (tertiary/aromatic N) is 2. The predicted molar refractivity (Wildman–Crippen MR) is 81.3 cm³/mol. The molecule has 1 N–H and O–H groups in total. The van der Waals surface area contributed by atoms with Crippen LogP contribution in [0.3, 0.4) is 0 Å². The van der Waals surface area contributed by atoms with Crippen molar-refractivity contribution in [1.82, 2.24) is 9.66 Å². The number of hydrogen-bond donors (Lipinski definition) is 1. The molecular weight excluding hydrogens is 290 g/mol. The first kappa shape index (κ1) is 14.9. The van der Waals surface area contributed by atoms with Crippen molar-refractivity contribution in [3.63, 3.8) is 0 Å². The summed E-state index contributed by atoms with van der Waals surface area (Å²) in [7, 11) is 1.23. The topological polar surface area (TPSA) is 76.5 Å². The van der Waals surface area contributed by atoms with Gasteiger partial charge in [0, 0.05) is 6.07 Å². The second kappa shape index (κ2) is 6.27. The van der Waals surface area contributed by atoms with Gasteiger partial charge in [-0.2, -0.15) is 9.78 Å². The quantitative estimate of drug-likeness (QED) is 0.534. The molecule has 0 unspecified atom stereocenters. The van der Waals surface area contributed by atoms with Crippen LogP contribution in [0.1, 0.15) is 23.0 Å². The summed E-state index contributed by atoms with van der Waals surface area (Å²) in [5.41, 5.74) is 1.01. The van der Waals surface area contributed by atoms with E-state index in [4.69, 9.17) is 12.2 Å². The zero-order valence-corrected chi connectivity index (χ0v) is 12.3. The number of esters is 1. The van der Waals surface area contributed by atoms with Crippen molar-refractivity contribution in [1.29, 1.82) is 0 Å². The number of aromatic nitrogens is 2. The summed E-state index contributed by atoms with van der Waals surface area (Å²) >= 11 is 5.06. The predicted octanol–water partition coefficient (Wildman–Crippen LogP) is 1.96. The third kappa shape index (κ3) is 3.32. The zero-order chi connectivity index (χ0) is 15.4. The fourth-order valence-electron chi connectivity index (χ4n) is 1.73. The van der Waals surface area contributed by atoms with Crippen molar-refractivity contribution in [2.24, 2.45) is 5.10 Å². The molecule has 108 valence electrons. The zero-order valence-electron chi connectivity index (χ0n) is 11.5. The lowest BCUT2D eigenvalue weighted by molar-refractivity contribution is 0.0587. The van der Waals surface area contributed by atoms with Crippen LogP contribution in [0.4, 0.5) is 0 Å². The molecule has 0 atom stereocenters. The molecule has 0 spiro atoms. The molecule has 1 aromatic heterocycles. The Hall–Kier alpha value is -2.54. The first-order chi connectivity index (χ1) is 10.0. The number of aromatic amines is 1. The van der Waals surface area contributed by atoms with Crippen molar-refractivity contribution >= 4 is 23.9 Å². The third-order valence-electron chi connectivity index (χ3n) is 2.75. The Bertz CT molecular complexity index is 806. The normalized spacial score (nSPS) is 11.2. The standard InChI is InChI=1S/C14H13N3O3S/c1-9(10-6-4-3-5-7-10)16-17-11(13(19)20-2)8-12(18)15-14(17)21/h3-8H,1-2H3,(H,15,18,21)/b16-9-. The lowest BCUT2D eigenvalue weighted by atomic mass is 10.1. The van der Waals surface area contributed by atoms with Crippen molar-refractivity contribution < 1.29 is 9.53 Å². The van der Waals surface area contributed by atoms with E-state index in [0.29, 0.717) is 5.71 Å². The van der Waals surface area contributed by atoms with Crippen LogP contribution in [0.2, 0.25) is 0 Å². The van der Waals surface area contributed by atoms with Gasteiger partial charge < -0.3 is 4.74 Å². The summed E-state index contributed by atoms with van der Waals surface area (Å²) in [5, 5.41) is 4.30. The molecule has 0 aliphatic carbocycles. The summed E-state index contributed by atoms with van der Waals surface area (Å²) in [4.78, 5) is 25.6. The molecule has 21 heavy (non-hydrogen) atoms. The Morgan fingerprint density at radius 3 is 2.62 bits per heavy atom. The molecule has 0 amide bonds. The number of benzene rings is 1. The molecule has 6 nitrogen and oxygen atoms in total. The molecule has 2 aromatic rings. The maximum absolute atomic E-state index is 11.7. The second-order valence-electron chi connectivity index (χ2n) is 4.18. The lowest BCUT2D eigenvalue weighted by Crippen LogP contribution is -2.20. The molecule has 0 aliphatic heterocycles. The number of carbonyl (C=O) groups is 1. The van der Waals surface area contributed by atoms with Crippen molar-refractivity contribution in [3.05, 3.63) is 62.8 Å². The second-order valence-corrected chi connectivity index (χ2v) is 4.57. The maximum Gasteiger partial charge on any atom is 0.357 e. The van der Waals surface area contributed by atoms with Gasteiger partial charge in [0.1, 0.15) is 0 Å². The van der Waals surface area contributed by atoms with Crippen LogP contribution in [-0.4, -0.2) is 28.5 Å². The highest BCUT2D eigenvalue weighted by Gasteiger charge is 2.13.